The third-order valence-corrected chi connectivity index (χ3v) is 7.23. The average Bonchev–Trinajstić information content (AvgIpc) is 3.58. The van der Waals surface area contributed by atoms with E-state index in [-0.39, 0.29) is 5.91 Å². The van der Waals surface area contributed by atoms with Crippen LogP contribution in [0, 0.1) is 0 Å². The molecule has 0 N–H and O–H groups in total. The van der Waals surface area contributed by atoms with Gasteiger partial charge in [-0.2, -0.15) is 0 Å². The molecule has 1 saturated heterocycles. The van der Waals surface area contributed by atoms with Crippen molar-refractivity contribution in [2.24, 2.45) is 4.99 Å². The van der Waals surface area contributed by atoms with Crippen LogP contribution in [0.3, 0.4) is 0 Å². The predicted octanol–water partition coefficient (Wildman–Crippen LogP) is 7.36. The summed E-state index contributed by atoms with van der Waals surface area (Å²) < 4.78 is 7.16. The first-order valence-corrected chi connectivity index (χ1v) is 12.3. The van der Waals surface area contributed by atoms with E-state index in [0.717, 1.165) is 26.6 Å². The molecule has 5 nitrogen and oxygen atoms in total. The van der Waals surface area contributed by atoms with Gasteiger partial charge in [-0.3, -0.25) is 9.69 Å². The second-order valence-electron chi connectivity index (χ2n) is 7.51. The number of anilines is 1. The zero-order valence-corrected chi connectivity index (χ0v) is 19.4. The van der Waals surface area contributed by atoms with E-state index in [1.54, 1.807) is 22.3 Å². The molecule has 0 bridgehead atoms. The number of carbonyl (C=O) groups excluding carboxylic acids is 1. The molecule has 34 heavy (non-hydrogen) atoms. The van der Waals surface area contributed by atoms with Crippen molar-refractivity contribution in [1.82, 2.24) is 4.98 Å². The fourth-order valence-electron chi connectivity index (χ4n) is 3.62. The Hall–Kier alpha value is -3.94. The second-order valence-corrected chi connectivity index (χ2v) is 9.55. The molecule has 1 aliphatic heterocycles. The van der Waals surface area contributed by atoms with Crippen LogP contribution in [0.5, 0.6) is 0 Å². The minimum atomic E-state index is -0.135. The van der Waals surface area contributed by atoms with Crippen LogP contribution in [-0.4, -0.2) is 16.1 Å². The SMILES string of the molecule is O=C1/C(=C\c2ccc(-c3nc4ccccc4s3)o2)SC(=Nc2ccccc2)N1c1ccccc1. The van der Waals surface area contributed by atoms with Gasteiger partial charge in [0.1, 0.15) is 5.76 Å². The number of fused-ring (bicyclic) bond motifs is 1. The molecule has 2 aromatic heterocycles. The summed E-state index contributed by atoms with van der Waals surface area (Å²) in [5.41, 5.74) is 2.50. The first kappa shape index (κ1) is 20.7. The number of hydrogen-bond donors (Lipinski definition) is 0. The maximum atomic E-state index is 13.4. The molecule has 0 aliphatic carbocycles. The van der Waals surface area contributed by atoms with Gasteiger partial charge in [-0.05, 0) is 60.3 Å². The van der Waals surface area contributed by atoms with E-state index in [1.807, 2.05) is 97.1 Å². The number of carbonyl (C=O) groups is 1. The summed E-state index contributed by atoms with van der Waals surface area (Å²) in [6.07, 6.45) is 1.77. The fraction of sp³-hybridized carbons (Fsp3) is 0. The number of nitrogens with zero attached hydrogens (tertiary/aromatic N) is 3. The molecule has 3 aromatic carbocycles. The minimum Gasteiger partial charge on any atom is -0.454 e. The Morgan fingerprint density at radius 3 is 2.38 bits per heavy atom. The predicted molar refractivity (Wildman–Crippen MR) is 140 cm³/mol. The van der Waals surface area contributed by atoms with Gasteiger partial charge in [0.15, 0.2) is 15.9 Å². The minimum absolute atomic E-state index is 0.135. The second kappa shape index (κ2) is 8.78. The van der Waals surface area contributed by atoms with E-state index >= 15 is 0 Å². The average molecular weight is 480 g/mol. The number of benzene rings is 3. The van der Waals surface area contributed by atoms with Crippen LogP contribution < -0.4 is 4.90 Å². The summed E-state index contributed by atoms with van der Waals surface area (Å²) in [6.45, 7) is 0. The van der Waals surface area contributed by atoms with Crippen LogP contribution in [0.15, 0.2) is 111 Å². The number of rotatable bonds is 4. The highest BCUT2D eigenvalue weighted by Crippen LogP contribution is 2.38. The zero-order chi connectivity index (χ0) is 22.9. The molecule has 1 fully saturated rings. The number of amidine groups is 1. The monoisotopic (exact) mass is 479 g/mol. The lowest BCUT2D eigenvalue weighted by Gasteiger charge is -2.15. The molecule has 0 unspecified atom stereocenters. The normalized spacial score (nSPS) is 16.2. The number of furan rings is 1. The van der Waals surface area contributed by atoms with E-state index < -0.39 is 0 Å². The molecule has 6 rings (SSSR count). The smallest absolute Gasteiger partial charge is 0.271 e. The Labute approximate surface area is 204 Å². The van der Waals surface area contributed by atoms with Crippen LogP contribution >= 0.6 is 23.1 Å². The quantitative estimate of drug-likeness (QED) is 0.253. The summed E-state index contributed by atoms with van der Waals surface area (Å²) in [4.78, 5) is 25.0. The van der Waals surface area contributed by atoms with E-state index in [9.17, 15) is 4.79 Å². The number of hydrogen-bond acceptors (Lipinski definition) is 6. The highest BCUT2D eigenvalue weighted by molar-refractivity contribution is 8.19. The maximum absolute atomic E-state index is 13.4. The zero-order valence-electron chi connectivity index (χ0n) is 17.8. The molecular formula is C27H17N3O2S2. The molecule has 1 amide bonds. The number of thioether (sulfide) groups is 1. The highest BCUT2D eigenvalue weighted by atomic mass is 32.2. The van der Waals surface area contributed by atoms with Gasteiger partial charge < -0.3 is 4.42 Å². The Kier molecular flexibility index (Phi) is 5.33. The Morgan fingerprint density at radius 2 is 1.59 bits per heavy atom. The molecule has 7 heteroatoms. The molecule has 0 atom stereocenters. The summed E-state index contributed by atoms with van der Waals surface area (Å²) in [7, 11) is 0. The third kappa shape index (κ3) is 3.96. The Bertz CT molecular complexity index is 1520. The lowest BCUT2D eigenvalue weighted by Crippen LogP contribution is -2.28. The Balaban J connectivity index is 1.35. The van der Waals surface area contributed by atoms with Crippen molar-refractivity contribution >= 4 is 61.8 Å². The highest BCUT2D eigenvalue weighted by Gasteiger charge is 2.35. The first-order valence-electron chi connectivity index (χ1n) is 10.6. The van der Waals surface area contributed by atoms with Gasteiger partial charge in [-0.25, -0.2) is 9.98 Å². The molecule has 0 radical (unpaired) electrons. The van der Waals surface area contributed by atoms with Gasteiger partial charge in [0.25, 0.3) is 5.91 Å². The van der Waals surface area contributed by atoms with Crippen molar-refractivity contribution in [1.29, 1.82) is 0 Å². The number of thiazole rings is 1. The number of aliphatic imine (C=N–C) groups is 1. The lowest BCUT2D eigenvalue weighted by atomic mass is 10.3. The van der Waals surface area contributed by atoms with E-state index in [2.05, 4.69) is 4.98 Å². The van der Waals surface area contributed by atoms with Gasteiger partial charge in [0, 0.05) is 6.08 Å². The summed E-state index contributed by atoms with van der Waals surface area (Å²) in [5.74, 6) is 1.14. The first-order chi connectivity index (χ1) is 16.7. The van der Waals surface area contributed by atoms with Crippen molar-refractivity contribution in [3.8, 4) is 10.8 Å². The van der Waals surface area contributed by atoms with Crippen molar-refractivity contribution < 1.29 is 9.21 Å². The molecule has 164 valence electrons. The third-order valence-electron chi connectivity index (χ3n) is 5.21. The van der Waals surface area contributed by atoms with E-state index in [4.69, 9.17) is 9.41 Å². The van der Waals surface area contributed by atoms with Crippen molar-refractivity contribution in [3.63, 3.8) is 0 Å². The topological polar surface area (TPSA) is 58.7 Å². The van der Waals surface area contributed by atoms with Crippen LogP contribution in [0.25, 0.3) is 27.1 Å². The maximum Gasteiger partial charge on any atom is 0.271 e. The molecule has 1 aliphatic rings. The molecule has 3 heterocycles. The van der Waals surface area contributed by atoms with Gasteiger partial charge in [-0.1, -0.05) is 48.5 Å². The van der Waals surface area contributed by atoms with Crippen LogP contribution in [0.4, 0.5) is 11.4 Å². The lowest BCUT2D eigenvalue weighted by molar-refractivity contribution is -0.113. The number of para-hydroxylation sites is 3. The number of aromatic nitrogens is 1. The van der Waals surface area contributed by atoms with Gasteiger partial charge >= 0.3 is 0 Å². The van der Waals surface area contributed by atoms with Gasteiger partial charge in [0.2, 0.25) is 0 Å². The van der Waals surface area contributed by atoms with Crippen molar-refractivity contribution in [3.05, 3.63) is 108 Å². The largest absolute Gasteiger partial charge is 0.454 e. The summed E-state index contributed by atoms with van der Waals surface area (Å²) in [6, 6.07) is 30.9. The molecule has 0 saturated carbocycles. The van der Waals surface area contributed by atoms with Crippen LogP contribution in [0.1, 0.15) is 5.76 Å². The molecule has 5 aromatic rings. The van der Waals surface area contributed by atoms with Crippen LogP contribution in [0.2, 0.25) is 0 Å². The summed E-state index contributed by atoms with van der Waals surface area (Å²) >= 11 is 2.92. The van der Waals surface area contributed by atoms with E-state index in [0.29, 0.717) is 21.6 Å². The Morgan fingerprint density at radius 1 is 0.853 bits per heavy atom. The molecule has 0 spiro atoms. The fourth-order valence-corrected chi connectivity index (χ4v) is 5.53. The molecular weight excluding hydrogens is 462 g/mol. The van der Waals surface area contributed by atoms with Gasteiger partial charge in [-0.15, -0.1) is 11.3 Å². The van der Waals surface area contributed by atoms with Gasteiger partial charge in [0.05, 0.1) is 26.5 Å². The standard InChI is InChI=1S/C27H17N3O2S2/c31-26-24(17-20-15-16-22(32-20)25-29-21-13-7-8-14-23(21)33-25)34-27(28-18-9-3-1-4-10-18)30(26)19-11-5-2-6-12-19/h1-17H/b24-17+,28-27?. The van der Waals surface area contributed by atoms with Crippen molar-refractivity contribution in [2.75, 3.05) is 4.90 Å². The van der Waals surface area contributed by atoms with Crippen molar-refractivity contribution in [2.45, 2.75) is 0 Å². The van der Waals surface area contributed by atoms with E-state index in [1.165, 1.54) is 11.8 Å². The number of amides is 1. The summed E-state index contributed by atoms with van der Waals surface area (Å²) in [5, 5.41) is 1.42. The van der Waals surface area contributed by atoms with Crippen LogP contribution in [-0.2, 0) is 4.79 Å².